The van der Waals surface area contributed by atoms with E-state index >= 15 is 0 Å². The lowest BCUT2D eigenvalue weighted by Crippen LogP contribution is -2.46. The molecule has 31 heavy (non-hydrogen) atoms. The van der Waals surface area contributed by atoms with E-state index in [2.05, 4.69) is 21.2 Å². The number of amides is 1. The van der Waals surface area contributed by atoms with Gasteiger partial charge in [-0.15, -0.1) is 0 Å². The Morgan fingerprint density at radius 3 is 2.61 bits per heavy atom. The van der Waals surface area contributed by atoms with E-state index in [0.29, 0.717) is 23.1 Å². The van der Waals surface area contributed by atoms with Gasteiger partial charge in [0.25, 0.3) is 0 Å². The van der Waals surface area contributed by atoms with Crippen LogP contribution < -0.4 is 15.0 Å². The maximum atomic E-state index is 11.5. The molecular weight excluding hydrogens is 437 g/mol. The zero-order chi connectivity index (χ0) is 20.9. The summed E-state index contributed by atoms with van der Waals surface area (Å²) in [7, 11) is 0. The molecule has 2 aromatic carbocycles. The Morgan fingerprint density at radius 2 is 1.81 bits per heavy atom. The lowest BCUT2D eigenvalue weighted by Gasteiger charge is -2.36. The molecule has 0 aliphatic carbocycles. The van der Waals surface area contributed by atoms with E-state index in [1.54, 1.807) is 0 Å². The van der Waals surface area contributed by atoms with E-state index in [1.807, 2.05) is 30.3 Å². The van der Waals surface area contributed by atoms with E-state index in [0.717, 1.165) is 69.1 Å². The Labute approximate surface area is 193 Å². The summed E-state index contributed by atoms with van der Waals surface area (Å²) in [6.45, 7) is 5.71. The highest BCUT2D eigenvalue weighted by Gasteiger charge is 2.19. The first kappa shape index (κ1) is 23.7. The molecule has 8 heteroatoms. The second-order valence-electron chi connectivity index (χ2n) is 7.82. The van der Waals surface area contributed by atoms with Gasteiger partial charge in [-0.2, -0.15) is 0 Å². The zero-order valence-electron chi connectivity index (χ0n) is 17.5. The molecule has 1 fully saturated rings. The first-order valence-corrected chi connectivity index (χ1v) is 11.3. The van der Waals surface area contributed by atoms with Gasteiger partial charge in [-0.3, -0.25) is 9.69 Å². The van der Waals surface area contributed by atoms with Crippen molar-refractivity contribution in [2.45, 2.75) is 25.7 Å². The topological polar surface area (TPSA) is 76.3 Å². The minimum absolute atomic E-state index is 0. The molecule has 0 spiro atoms. The van der Waals surface area contributed by atoms with Crippen molar-refractivity contribution in [3.63, 3.8) is 0 Å². The molecule has 1 amide bonds. The van der Waals surface area contributed by atoms with Crippen LogP contribution in [0.2, 0.25) is 10.0 Å². The number of aryl methyl sites for hydroxylation is 1. The molecule has 3 N–H and O–H groups in total. The number of ether oxygens (including phenoxy) is 1. The van der Waals surface area contributed by atoms with E-state index in [1.165, 1.54) is 5.56 Å². The highest BCUT2D eigenvalue weighted by Crippen LogP contribution is 2.33. The molecule has 0 aromatic heterocycles. The molecule has 2 aliphatic heterocycles. The monoisotopic (exact) mass is 465 g/mol. The first-order valence-electron chi connectivity index (χ1n) is 10.6. The molecule has 0 radical (unpaired) electrons. The van der Waals surface area contributed by atoms with Crippen molar-refractivity contribution >= 4 is 40.5 Å². The van der Waals surface area contributed by atoms with E-state index in [9.17, 15) is 4.79 Å². The Balaban J connectivity index is 0.00000272. The molecule has 1 saturated heterocycles. The maximum Gasteiger partial charge on any atom is 0.224 e. The van der Waals surface area contributed by atoms with Gasteiger partial charge in [0.2, 0.25) is 5.91 Å². The Kier molecular flexibility index (Phi) is 8.43. The largest absolute Gasteiger partial charge is 0.494 e. The van der Waals surface area contributed by atoms with Crippen molar-refractivity contribution in [3.05, 3.63) is 52.0 Å². The van der Waals surface area contributed by atoms with Crippen LogP contribution in [0.5, 0.6) is 5.75 Å². The summed E-state index contributed by atoms with van der Waals surface area (Å²) >= 11 is 12.5. The Morgan fingerprint density at radius 1 is 1.00 bits per heavy atom. The number of halogens is 2. The molecule has 0 saturated carbocycles. The van der Waals surface area contributed by atoms with Crippen molar-refractivity contribution < 1.29 is 15.0 Å². The molecule has 4 rings (SSSR count). The first-order chi connectivity index (χ1) is 14.6. The van der Waals surface area contributed by atoms with Crippen LogP contribution in [-0.4, -0.2) is 55.6 Å². The third-order valence-corrected chi connectivity index (χ3v) is 6.57. The Bertz CT molecular complexity index is 902. The van der Waals surface area contributed by atoms with Crippen molar-refractivity contribution in [3.8, 4) is 5.75 Å². The fourth-order valence-electron chi connectivity index (χ4n) is 4.02. The normalized spacial score (nSPS) is 16.3. The molecule has 168 valence electrons. The molecule has 2 aliphatic rings. The van der Waals surface area contributed by atoms with Crippen LogP contribution >= 0.6 is 23.2 Å². The number of nitrogens with zero attached hydrogens (tertiary/aromatic N) is 2. The number of anilines is 2. The SMILES string of the molecule is O.O=C1CCc2ccc(OCCCCN3CCN(c4cccc(Cl)c4Cl)CC3)cc2N1. The second-order valence-corrected chi connectivity index (χ2v) is 8.61. The van der Waals surface area contributed by atoms with Crippen LogP contribution in [0.15, 0.2) is 36.4 Å². The van der Waals surface area contributed by atoms with Crippen LogP contribution in [0.3, 0.4) is 0 Å². The summed E-state index contributed by atoms with van der Waals surface area (Å²) in [5, 5.41) is 4.18. The average molecular weight is 466 g/mol. The van der Waals surface area contributed by atoms with Crippen molar-refractivity contribution in [1.29, 1.82) is 0 Å². The van der Waals surface area contributed by atoms with Gasteiger partial charge in [-0.05, 0) is 49.6 Å². The fraction of sp³-hybridized carbons (Fsp3) is 0.435. The van der Waals surface area contributed by atoms with Crippen LogP contribution in [0.25, 0.3) is 0 Å². The van der Waals surface area contributed by atoms with Crippen LogP contribution in [0.4, 0.5) is 11.4 Å². The molecule has 6 nitrogen and oxygen atoms in total. The minimum atomic E-state index is 0. The summed E-state index contributed by atoms with van der Waals surface area (Å²) < 4.78 is 5.89. The third-order valence-electron chi connectivity index (χ3n) is 5.76. The second kappa shape index (κ2) is 11.0. The summed E-state index contributed by atoms with van der Waals surface area (Å²) in [5.41, 5.74) is 3.10. The van der Waals surface area contributed by atoms with Gasteiger partial charge < -0.3 is 20.4 Å². The summed E-state index contributed by atoms with van der Waals surface area (Å²) in [4.78, 5) is 16.3. The van der Waals surface area contributed by atoms with E-state index in [-0.39, 0.29) is 11.4 Å². The van der Waals surface area contributed by atoms with Crippen molar-refractivity contribution in [2.24, 2.45) is 0 Å². The minimum Gasteiger partial charge on any atom is -0.494 e. The molecule has 0 unspecified atom stereocenters. The molecule has 0 bridgehead atoms. The number of fused-ring (bicyclic) bond motifs is 1. The lowest BCUT2D eigenvalue weighted by molar-refractivity contribution is -0.116. The fourth-order valence-corrected chi connectivity index (χ4v) is 4.43. The standard InChI is InChI=1S/C23H27Cl2N3O2.H2O/c24-19-4-3-5-21(23(19)25)28-13-11-27(12-14-28)10-1-2-15-30-18-8-6-17-7-9-22(29)26-20(17)16-18;/h3-6,8,16H,1-2,7,9-15H2,(H,26,29);1H2. The Hall–Kier alpha value is -1.99. The summed E-state index contributed by atoms with van der Waals surface area (Å²) in [5.74, 6) is 0.903. The predicted molar refractivity (Wildman–Crippen MR) is 127 cm³/mol. The van der Waals surface area contributed by atoms with Gasteiger partial charge in [-0.25, -0.2) is 0 Å². The molecule has 2 heterocycles. The predicted octanol–water partition coefficient (Wildman–Crippen LogP) is 4.03. The quantitative estimate of drug-likeness (QED) is 0.626. The van der Waals surface area contributed by atoms with E-state index in [4.69, 9.17) is 27.9 Å². The van der Waals surface area contributed by atoms with Crippen LogP contribution in [0.1, 0.15) is 24.8 Å². The summed E-state index contributed by atoms with van der Waals surface area (Å²) in [6.07, 6.45) is 3.47. The zero-order valence-corrected chi connectivity index (χ0v) is 19.0. The van der Waals surface area contributed by atoms with Gasteiger partial charge in [0, 0.05) is 44.4 Å². The van der Waals surface area contributed by atoms with Gasteiger partial charge in [0.15, 0.2) is 0 Å². The number of rotatable bonds is 7. The average Bonchev–Trinajstić information content (AvgIpc) is 2.76. The van der Waals surface area contributed by atoms with Crippen LogP contribution in [-0.2, 0) is 11.2 Å². The number of hydrogen-bond donors (Lipinski definition) is 1. The number of piperazine rings is 1. The van der Waals surface area contributed by atoms with Crippen molar-refractivity contribution in [1.82, 2.24) is 4.90 Å². The smallest absolute Gasteiger partial charge is 0.224 e. The number of carbonyl (C=O) groups excluding carboxylic acids is 1. The van der Waals surface area contributed by atoms with Crippen molar-refractivity contribution in [2.75, 3.05) is 49.5 Å². The van der Waals surface area contributed by atoms with E-state index < -0.39 is 0 Å². The number of unbranched alkanes of at least 4 members (excludes halogenated alkanes) is 1. The highest BCUT2D eigenvalue weighted by molar-refractivity contribution is 6.43. The van der Waals surface area contributed by atoms with Gasteiger partial charge in [0.05, 0.1) is 22.3 Å². The number of benzene rings is 2. The van der Waals surface area contributed by atoms with Gasteiger partial charge >= 0.3 is 0 Å². The molecule has 0 atom stereocenters. The number of nitrogens with one attached hydrogen (secondary N) is 1. The van der Waals surface area contributed by atoms with Gasteiger partial charge in [-0.1, -0.05) is 35.3 Å². The molecular formula is C23H29Cl2N3O3. The third kappa shape index (κ3) is 6.04. The van der Waals surface area contributed by atoms with Gasteiger partial charge in [0.1, 0.15) is 5.75 Å². The maximum absolute atomic E-state index is 11.5. The number of carbonyl (C=O) groups is 1. The molecule has 2 aromatic rings. The number of hydrogen-bond acceptors (Lipinski definition) is 4. The highest BCUT2D eigenvalue weighted by atomic mass is 35.5. The lowest BCUT2D eigenvalue weighted by atomic mass is 10.0. The summed E-state index contributed by atoms with van der Waals surface area (Å²) in [6, 6.07) is 11.8. The van der Waals surface area contributed by atoms with Crippen LogP contribution in [0, 0.1) is 0 Å².